The Hall–Kier alpha value is -2.70. The highest BCUT2D eigenvalue weighted by Crippen LogP contribution is 2.28. The highest BCUT2D eigenvalue weighted by atomic mass is 35.5. The summed E-state index contributed by atoms with van der Waals surface area (Å²) in [5.41, 5.74) is 3.21. The number of aryl methyl sites for hydroxylation is 2. The molecule has 2 aromatic rings. The highest BCUT2D eigenvalue weighted by molar-refractivity contribution is 7.80. The number of carbonyl (C=O) groups excluding carboxylic acids is 2. The van der Waals surface area contributed by atoms with Crippen molar-refractivity contribution in [2.45, 2.75) is 20.8 Å². The van der Waals surface area contributed by atoms with Crippen LogP contribution in [0.15, 0.2) is 42.0 Å². The second kappa shape index (κ2) is 8.12. The zero-order valence-electron chi connectivity index (χ0n) is 15.7. The highest BCUT2D eigenvalue weighted by Gasteiger charge is 2.34. The molecule has 1 N–H and O–H groups in total. The van der Waals surface area contributed by atoms with Crippen molar-refractivity contribution in [2.75, 3.05) is 11.5 Å². The van der Waals surface area contributed by atoms with Gasteiger partial charge in [0.1, 0.15) is 11.3 Å². The molecule has 5 nitrogen and oxygen atoms in total. The molecule has 1 heterocycles. The first-order chi connectivity index (χ1) is 13.3. The van der Waals surface area contributed by atoms with Crippen LogP contribution in [0.25, 0.3) is 6.08 Å². The third-order valence-electron chi connectivity index (χ3n) is 4.42. The number of nitrogens with one attached hydrogen (secondary N) is 1. The fourth-order valence-electron chi connectivity index (χ4n) is 2.83. The monoisotopic (exact) mass is 414 g/mol. The van der Waals surface area contributed by atoms with Crippen LogP contribution >= 0.6 is 23.8 Å². The van der Waals surface area contributed by atoms with Crippen molar-refractivity contribution in [2.24, 2.45) is 0 Å². The lowest BCUT2D eigenvalue weighted by atomic mass is 10.0. The molecule has 1 fully saturated rings. The molecular formula is C21H19ClN2O3S. The number of carbonyl (C=O) groups is 2. The minimum Gasteiger partial charge on any atom is -0.493 e. The normalized spacial score (nSPS) is 15.8. The summed E-state index contributed by atoms with van der Waals surface area (Å²) in [6.45, 7) is 6.23. The number of anilines is 1. The van der Waals surface area contributed by atoms with Gasteiger partial charge in [-0.25, -0.2) is 0 Å². The molecule has 0 spiro atoms. The van der Waals surface area contributed by atoms with Crippen molar-refractivity contribution in [3.63, 3.8) is 0 Å². The summed E-state index contributed by atoms with van der Waals surface area (Å²) in [6, 6.07) is 10.6. The number of amides is 2. The van der Waals surface area contributed by atoms with E-state index in [1.807, 2.05) is 32.9 Å². The van der Waals surface area contributed by atoms with E-state index in [1.165, 1.54) is 11.0 Å². The molecule has 0 atom stereocenters. The first-order valence-corrected chi connectivity index (χ1v) is 9.51. The van der Waals surface area contributed by atoms with Gasteiger partial charge >= 0.3 is 0 Å². The quantitative estimate of drug-likeness (QED) is 0.463. The minimum atomic E-state index is -0.558. The van der Waals surface area contributed by atoms with Crippen LogP contribution in [0, 0.1) is 13.8 Å². The van der Waals surface area contributed by atoms with Crippen LogP contribution < -0.4 is 15.0 Å². The first-order valence-electron chi connectivity index (χ1n) is 8.73. The summed E-state index contributed by atoms with van der Waals surface area (Å²) in [4.78, 5) is 26.9. The number of hydrogen-bond donors (Lipinski definition) is 1. The van der Waals surface area contributed by atoms with Crippen LogP contribution in [0.1, 0.15) is 23.6 Å². The molecule has 2 amide bonds. The topological polar surface area (TPSA) is 58.6 Å². The van der Waals surface area contributed by atoms with Gasteiger partial charge in [-0.3, -0.25) is 19.8 Å². The first kappa shape index (κ1) is 20.0. The van der Waals surface area contributed by atoms with Gasteiger partial charge in [0.15, 0.2) is 5.11 Å². The Morgan fingerprint density at radius 1 is 1.14 bits per heavy atom. The second-order valence-electron chi connectivity index (χ2n) is 6.34. The Bertz CT molecular complexity index is 1020. The Morgan fingerprint density at radius 3 is 2.57 bits per heavy atom. The van der Waals surface area contributed by atoms with E-state index < -0.39 is 11.8 Å². The summed E-state index contributed by atoms with van der Waals surface area (Å²) in [6.07, 6.45) is 1.48. The van der Waals surface area contributed by atoms with E-state index in [-0.39, 0.29) is 10.7 Å². The lowest BCUT2D eigenvalue weighted by molar-refractivity contribution is -0.122. The van der Waals surface area contributed by atoms with Crippen LogP contribution in [0.4, 0.5) is 5.69 Å². The van der Waals surface area contributed by atoms with Crippen molar-refractivity contribution >= 4 is 52.5 Å². The van der Waals surface area contributed by atoms with Crippen molar-refractivity contribution in [3.8, 4) is 5.75 Å². The molecule has 1 saturated heterocycles. The predicted molar refractivity (Wildman–Crippen MR) is 115 cm³/mol. The maximum atomic E-state index is 13.1. The molecule has 0 unspecified atom stereocenters. The zero-order chi connectivity index (χ0) is 20.4. The van der Waals surface area contributed by atoms with Gasteiger partial charge in [-0.2, -0.15) is 0 Å². The molecule has 7 heteroatoms. The van der Waals surface area contributed by atoms with Crippen LogP contribution in [-0.2, 0) is 9.59 Å². The number of nitrogens with zero attached hydrogens (tertiary/aromatic N) is 1. The number of ether oxygens (including phenoxy) is 1. The van der Waals surface area contributed by atoms with E-state index in [4.69, 9.17) is 28.6 Å². The van der Waals surface area contributed by atoms with E-state index in [1.54, 1.807) is 24.3 Å². The van der Waals surface area contributed by atoms with Gasteiger partial charge in [0.05, 0.1) is 12.3 Å². The predicted octanol–water partition coefficient (Wildman–Crippen LogP) is 4.19. The Kier molecular flexibility index (Phi) is 5.82. The fraction of sp³-hybridized carbons (Fsp3) is 0.190. The summed E-state index contributed by atoms with van der Waals surface area (Å²) < 4.78 is 5.58. The average Bonchev–Trinajstić information content (AvgIpc) is 2.63. The number of hydrogen-bond acceptors (Lipinski definition) is 4. The number of benzene rings is 2. The third kappa shape index (κ3) is 3.93. The van der Waals surface area contributed by atoms with Gasteiger partial charge in [0.2, 0.25) is 0 Å². The summed E-state index contributed by atoms with van der Waals surface area (Å²) in [5, 5.41) is 3.10. The van der Waals surface area contributed by atoms with Crippen molar-refractivity contribution < 1.29 is 14.3 Å². The maximum absolute atomic E-state index is 13.1. The molecule has 0 saturated carbocycles. The van der Waals surface area contributed by atoms with Crippen molar-refractivity contribution in [3.05, 3.63) is 63.7 Å². The molecule has 144 valence electrons. The van der Waals surface area contributed by atoms with Gasteiger partial charge in [0, 0.05) is 10.6 Å². The van der Waals surface area contributed by atoms with Crippen LogP contribution in [0.5, 0.6) is 5.75 Å². The van der Waals surface area contributed by atoms with Gasteiger partial charge < -0.3 is 4.74 Å². The standard InChI is InChI=1S/C21H19ClN2O3S/c1-4-27-18-8-6-15(22)10-14(18)11-17-19(25)23-21(28)24(20(17)26)16-7-5-12(2)13(3)9-16/h5-11H,4H2,1-3H3,(H,23,25,28)/b17-11+. The van der Waals surface area contributed by atoms with Crippen LogP contribution in [0.2, 0.25) is 5.02 Å². The number of thiocarbonyl (C=S) groups is 1. The molecule has 1 aliphatic heterocycles. The van der Waals surface area contributed by atoms with Crippen LogP contribution in [0.3, 0.4) is 0 Å². The smallest absolute Gasteiger partial charge is 0.270 e. The van der Waals surface area contributed by atoms with E-state index in [9.17, 15) is 9.59 Å². The van der Waals surface area contributed by atoms with Gasteiger partial charge in [0.25, 0.3) is 11.8 Å². The average molecular weight is 415 g/mol. The Balaban J connectivity index is 2.06. The molecule has 2 aromatic carbocycles. The van der Waals surface area contributed by atoms with E-state index >= 15 is 0 Å². The largest absolute Gasteiger partial charge is 0.493 e. The Labute approximate surface area is 173 Å². The molecule has 0 bridgehead atoms. The van der Waals surface area contributed by atoms with E-state index in [0.717, 1.165) is 11.1 Å². The summed E-state index contributed by atoms with van der Waals surface area (Å²) in [7, 11) is 0. The third-order valence-corrected chi connectivity index (χ3v) is 4.94. The molecule has 0 radical (unpaired) electrons. The second-order valence-corrected chi connectivity index (χ2v) is 7.16. The molecular weight excluding hydrogens is 396 g/mol. The van der Waals surface area contributed by atoms with Gasteiger partial charge in [-0.05, 0) is 80.5 Å². The van der Waals surface area contributed by atoms with Crippen LogP contribution in [-0.4, -0.2) is 23.5 Å². The molecule has 1 aliphatic rings. The number of halogens is 1. The fourth-order valence-corrected chi connectivity index (χ4v) is 3.29. The molecule has 0 aromatic heterocycles. The lowest BCUT2D eigenvalue weighted by Crippen LogP contribution is -2.54. The van der Waals surface area contributed by atoms with Crippen molar-refractivity contribution in [1.29, 1.82) is 0 Å². The van der Waals surface area contributed by atoms with E-state index in [2.05, 4.69) is 5.32 Å². The van der Waals surface area contributed by atoms with E-state index in [0.29, 0.717) is 28.6 Å². The number of rotatable bonds is 4. The van der Waals surface area contributed by atoms with Gasteiger partial charge in [-0.1, -0.05) is 17.7 Å². The molecule has 3 rings (SSSR count). The summed E-state index contributed by atoms with van der Waals surface area (Å²) in [5.74, 6) is -0.525. The molecule has 28 heavy (non-hydrogen) atoms. The molecule has 0 aliphatic carbocycles. The van der Waals surface area contributed by atoms with Gasteiger partial charge in [-0.15, -0.1) is 0 Å². The minimum absolute atomic E-state index is 0.0463. The maximum Gasteiger partial charge on any atom is 0.270 e. The zero-order valence-corrected chi connectivity index (χ0v) is 17.3. The Morgan fingerprint density at radius 2 is 1.89 bits per heavy atom. The summed E-state index contributed by atoms with van der Waals surface area (Å²) >= 11 is 11.3. The SMILES string of the molecule is CCOc1ccc(Cl)cc1/C=C1\C(=O)NC(=S)N(c2ccc(C)c(C)c2)C1=O. The lowest BCUT2D eigenvalue weighted by Gasteiger charge is -2.29. The van der Waals surface area contributed by atoms with Crippen molar-refractivity contribution in [1.82, 2.24) is 5.32 Å².